The summed E-state index contributed by atoms with van der Waals surface area (Å²) in [6.45, 7) is 3.51. The molecule has 0 amide bonds. The number of ketones is 1. The Kier molecular flexibility index (Phi) is 4.57. The Balaban J connectivity index is 1.62. The topological polar surface area (TPSA) is 56.3 Å². The normalized spacial score (nSPS) is 14.3. The van der Waals surface area contributed by atoms with Crippen LogP contribution in [-0.2, 0) is 28.8 Å². The van der Waals surface area contributed by atoms with Crippen LogP contribution in [0.3, 0.4) is 0 Å². The van der Waals surface area contributed by atoms with Gasteiger partial charge in [-0.3, -0.25) is 9.59 Å². The van der Waals surface area contributed by atoms with Crippen LogP contribution in [0, 0.1) is 6.92 Å². The summed E-state index contributed by atoms with van der Waals surface area (Å²) < 4.78 is 5.28. The molecule has 0 spiro atoms. The number of hydrogen-bond donors (Lipinski definition) is 0. The predicted octanol–water partition coefficient (Wildman–Crippen LogP) is 3.30. The maximum absolute atomic E-state index is 12.4. The van der Waals surface area contributed by atoms with E-state index in [9.17, 15) is 9.59 Å². The number of aryl methyl sites for hydroxylation is 3. The van der Waals surface area contributed by atoms with Crippen molar-refractivity contribution in [2.24, 2.45) is 0 Å². The minimum Gasteiger partial charge on any atom is -0.454 e. The van der Waals surface area contributed by atoms with E-state index < -0.39 is 12.1 Å². The van der Waals surface area contributed by atoms with Crippen molar-refractivity contribution >= 4 is 23.1 Å². The summed E-state index contributed by atoms with van der Waals surface area (Å²) in [5.74, 6) is -0.570. The summed E-state index contributed by atoms with van der Waals surface area (Å²) in [4.78, 5) is 28.6. The molecule has 5 heteroatoms. The minimum atomic E-state index is -0.776. The molecular formula is C18H19NO3S. The highest BCUT2D eigenvalue weighted by atomic mass is 32.1. The monoisotopic (exact) mass is 329 g/mol. The molecule has 4 nitrogen and oxygen atoms in total. The molecule has 23 heavy (non-hydrogen) atoms. The summed E-state index contributed by atoms with van der Waals surface area (Å²) in [7, 11) is 0. The van der Waals surface area contributed by atoms with Gasteiger partial charge in [-0.05, 0) is 50.3 Å². The van der Waals surface area contributed by atoms with Gasteiger partial charge in [0.2, 0.25) is 5.78 Å². The molecule has 0 aliphatic heterocycles. The average molecular weight is 329 g/mol. The van der Waals surface area contributed by atoms with Crippen molar-refractivity contribution < 1.29 is 14.3 Å². The minimum absolute atomic E-state index is 0.103. The first-order valence-electron chi connectivity index (χ1n) is 7.79. The highest BCUT2D eigenvalue weighted by Gasteiger charge is 2.22. The molecule has 1 aromatic heterocycles. The number of nitrogens with zero attached hydrogens (tertiary/aromatic N) is 1. The largest absolute Gasteiger partial charge is 0.454 e. The van der Waals surface area contributed by atoms with Gasteiger partial charge in [0.1, 0.15) is 0 Å². The zero-order valence-corrected chi connectivity index (χ0v) is 14.1. The van der Waals surface area contributed by atoms with Gasteiger partial charge in [0, 0.05) is 10.9 Å². The maximum Gasteiger partial charge on any atom is 0.312 e. The van der Waals surface area contributed by atoms with Crippen LogP contribution in [-0.4, -0.2) is 22.8 Å². The fourth-order valence-electron chi connectivity index (χ4n) is 2.89. The Morgan fingerprint density at radius 3 is 2.83 bits per heavy atom. The van der Waals surface area contributed by atoms with Gasteiger partial charge in [0.25, 0.3) is 0 Å². The van der Waals surface area contributed by atoms with E-state index in [4.69, 9.17) is 4.74 Å². The standard InChI is InChI=1S/C18H19NO3S/c1-11(22-17(20)9-16-10-23-12(2)19-16)18(21)15-7-6-13-4-3-5-14(13)8-15/h6-8,10-11H,3-5,9H2,1-2H3/t11-/m0/s1. The van der Waals surface area contributed by atoms with Crippen molar-refractivity contribution in [3.05, 3.63) is 51.0 Å². The van der Waals surface area contributed by atoms with E-state index in [2.05, 4.69) is 4.98 Å². The number of rotatable bonds is 5. The highest BCUT2D eigenvalue weighted by Crippen LogP contribution is 2.23. The molecular weight excluding hydrogens is 310 g/mol. The van der Waals surface area contributed by atoms with Gasteiger partial charge in [-0.25, -0.2) is 4.98 Å². The van der Waals surface area contributed by atoms with E-state index in [1.807, 2.05) is 30.5 Å². The molecule has 0 bridgehead atoms. The third-order valence-electron chi connectivity index (χ3n) is 4.05. The van der Waals surface area contributed by atoms with Crippen molar-refractivity contribution in [2.45, 2.75) is 45.6 Å². The fourth-order valence-corrected chi connectivity index (χ4v) is 3.50. The molecule has 1 heterocycles. The Morgan fingerprint density at radius 1 is 1.30 bits per heavy atom. The van der Waals surface area contributed by atoms with Crippen molar-refractivity contribution in [1.82, 2.24) is 4.98 Å². The van der Waals surface area contributed by atoms with Gasteiger partial charge < -0.3 is 4.74 Å². The van der Waals surface area contributed by atoms with E-state index in [1.165, 1.54) is 22.5 Å². The lowest BCUT2D eigenvalue weighted by atomic mass is 10.0. The zero-order chi connectivity index (χ0) is 16.4. The van der Waals surface area contributed by atoms with Gasteiger partial charge in [-0.2, -0.15) is 0 Å². The summed E-state index contributed by atoms with van der Waals surface area (Å²) in [5.41, 5.74) is 3.88. The molecule has 0 N–H and O–H groups in total. The second kappa shape index (κ2) is 6.62. The number of carbonyl (C=O) groups excluding carboxylic acids is 2. The Hall–Kier alpha value is -2.01. The van der Waals surface area contributed by atoms with E-state index in [1.54, 1.807) is 6.92 Å². The third-order valence-corrected chi connectivity index (χ3v) is 4.87. The van der Waals surface area contributed by atoms with Crippen LogP contribution < -0.4 is 0 Å². The number of carbonyl (C=O) groups is 2. The second-order valence-corrected chi connectivity index (χ2v) is 6.93. The molecule has 0 fully saturated rings. The predicted molar refractivity (Wildman–Crippen MR) is 88.9 cm³/mol. The molecule has 0 saturated carbocycles. The van der Waals surface area contributed by atoms with Crippen LogP contribution in [0.15, 0.2) is 23.6 Å². The number of aromatic nitrogens is 1. The molecule has 1 atom stereocenters. The first-order valence-corrected chi connectivity index (χ1v) is 8.67. The molecule has 2 aromatic rings. The molecule has 1 aliphatic carbocycles. The number of fused-ring (bicyclic) bond motifs is 1. The van der Waals surface area contributed by atoms with Gasteiger partial charge in [0.05, 0.1) is 17.1 Å². The number of hydrogen-bond acceptors (Lipinski definition) is 5. The first-order chi connectivity index (χ1) is 11.0. The number of Topliss-reactive ketones (excluding diaryl/α,β-unsaturated/α-hetero) is 1. The van der Waals surface area contributed by atoms with Crippen LogP contribution in [0.25, 0.3) is 0 Å². The van der Waals surface area contributed by atoms with E-state index in [-0.39, 0.29) is 12.2 Å². The fraction of sp³-hybridized carbons (Fsp3) is 0.389. The van der Waals surface area contributed by atoms with E-state index in [0.717, 1.165) is 24.3 Å². The summed E-state index contributed by atoms with van der Waals surface area (Å²) in [6, 6.07) is 5.79. The smallest absolute Gasteiger partial charge is 0.312 e. The van der Waals surface area contributed by atoms with Crippen LogP contribution in [0.1, 0.15) is 45.5 Å². The van der Waals surface area contributed by atoms with E-state index >= 15 is 0 Å². The summed E-state index contributed by atoms with van der Waals surface area (Å²) in [6.07, 6.45) is 2.58. The molecule has 0 unspecified atom stereocenters. The maximum atomic E-state index is 12.4. The molecule has 0 radical (unpaired) electrons. The average Bonchev–Trinajstić information content (AvgIpc) is 3.14. The van der Waals surface area contributed by atoms with Crippen LogP contribution in [0.2, 0.25) is 0 Å². The Labute approximate surface area is 139 Å². The van der Waals surface area contributed by atoms with Gasteiger partial charge in [0.15, 0.2) is 6.10 Å². The quantitative estimate of drug-likeness (QED) is 0.624. The van der Waals surface area contributed by atoms with E-state index in [0.29, 0.717) is 11.3 Å². The van der Waals surface area contributed by atoms with Crippen LogP contribution >= 0.6 is 11.3 Å². The second-order valence-electron chi connectivity index (χ2n) is 5.87. The Morgan fingerprint density at radius 2 is 2.09 bits per heavy atom. The number of ether oxygens (including phenoxy) is 1. The summed E-state index contributed by atoms with van der Waals surface area (Å²) in [5, 5.41) is 2.75. The summed E-state index contributed by atoms with van der Waals surface area (Å²) >= 11 is 1.49. The van der Waals surface area contributed by atoms with Crippen molar-refractivity contribution in [3.63, 3.8) is 0 Å². The number of thiazole rings is 1. The molecule has 0 saturated heterocycles. The SMILES string of the molecule is Cc1nc(CC(=O)O[C@@H](C)C(=O)c2ccc3c(c2)CCC3)cs1. The molecule has 3 rings (SSSR count). The molecule has 1 aromatic carbocycles. The van der Waals surface area contributed by atoms with Gasteiger partial charge in [-0.15, -0.1) is 11.3 Å². The first kappa shape index (κ1) is 15.9. The lowest BCUT2D eigenvalue weighted by Crippen LogP contribution is -2.25. The number of benzene rings is 1. The van der Waals surface area contributed by atoms with Crippen LogP contribution in [0.5, 0.6) is 0 Å². The molecule has 120 valence electrons. The lowest BCUT2D eigenvalue weighted by Gasteiger charge is -2.12. The lowest BCUT2D eigenvalue weighted by molar-refractivity contribution is -0.145. The van der Waals surface area contributed by atoms with Crippen molar-refractivity contribution in [3.8, 4) is 0 Å². The van der Waals surface area contributed by atoms with Crippen molar-refractivity contribution in [2.75, 3.05) is 0 Å². The molecule has 1 aliphatic rings. The zero-order valence-electron chi connectivity index (χ0n) is 13.3. The van der Waals surface area contributed by atoms with Crippen LogP contribution in [0.4, 0.5) is 0 Å². The van der Waals surface area contributed by atoms with Gasteiger partial charge in [-0.1, -0.05) is 12.1 Å². The van der Waals surface area contributed by atoms with Gasteiger partial charge >= 0.3 is 5.97 Å². The van der Waals surface area contributed by atoms with Crippen molar-refractivity contribution in [1.29, 1.82) is 0 Å². The third kappa shape index (κ3) is 3.67. The number of esters is 1. The highest BCUT2D eigenvalue weighted by molar-refractivity contribution is 7.09. The Bertz CT molecular complexity index is 750.